The largest absolute Gasteiger partial charge is 0.508 e. The van der Waals surface area contributed by atoms with Crippen LogP contribution < -0.4 is 0 Å². The van der Waals surface area contributed by atoms with Gasteiger partial charge in [0.2, 0.25) is 5.91 Å². The summed E-state index contributed by atoms with van der Waals surface area (Å²) in [4.78, 5) is 21.5. The summed E-state index contributed by atoms with van der Waals surface area (Å²) < 4.78 is 0. The molecule has 26 heavy (non-hydrogen) atoms. The molecule has 1 aliphatic heterocycles. The number of amides is 1. The number of carbonyl (C=O) groups is 1. The summed E-state index contributed by atoms with van der Waals surface area (Å²) >= 11 is 0. The lowest BCUT2D eigenvalue weighted by Gasteiger charge is -2.31. The zero-order valence-electron chi connectivity index (χ0n) is 15.3. The van der Waals surface area contributed by atoms with Crippen LogP contribution in [0, 0.1) is 0 Å². The standard InChI is InChI=1S/C21H27N3O2/c1-23-14-4-2-3-5-20(23)21(26)24(16-18-10-12-22-13-11-18)15-17-6-8-19(25)9-7-17/h6-13,20,25H,2-5,14-16H2,1H3/t20-/m1/s1. The number of likely N-dealkylation sites (N-methyl/N-ethyl adjacent to an activating group) is 1. The molecule has 1 fully saturated rings. The van der Waals surface area contributed by atoms with Gasteiger partial charge in [-0.3, -0.25) is 14.7 Å². The lowest BCUT2D eigenvalue weighted by Crippen LogP contribution is -2.46. The highest BCUT2D eigenvalue weighted by molar-refractivity contribution is 5.82. The first kappa shape index (κ1) is 18.4. The molecule has 5 heteroatoms. The number of phenols is 1. The van der Waals surface area contributed by atoms with Crippen LogP contribution in [0.2, 0.25) is 0 Å². The fraction of sp³-hybridized carbons (Fsp3) is 0.429. The summed E-state index contributed by atoms with van der Waals surface area (Å²) in [5, 5.41) is 9.51. The van der Waals surface area contributed by atoms with Gasteiger partial charge in [-0.25, -0.2) is 0 Å². The van der Waals surface area contributed by atoms with E-state index < -0.39 is 0 Å². The monoisotopic (exact) mass is 353 g/mol. The van der Waals surface area contributed by atoms with Crippen molar-refractivity contribution in [1.82, 2.24) is 14.8 Å². The van der Waals surface area contributed by atoms with Gasteiger partial charge < -0.3 is 10.0 Å². The molecule has 1 saturated heterocycles. The molecule has 0 saturated carbocycles. The number of hydrogen-bond acceptors (Lipinski definition) is 4. The van der Waals surface area contributed by atoms with Crippen LogP contribution in [0.4, 0.5) is 0 Å². The molecule has 1 atom stereocenters. The summed E-state index contributed by atoms with van der Waals surface area (Å²) in [7, 11) is 2.05. The van der Waals surface area contributed by atoms with E-state index in [0.29, 0.717) is 13.1 Å². The van der Waals surface area contributed by atoms with Crippen LogP contribution in [0.15, 0.2) is 48.8 Å². The Bertz CT molecular complexity index is 703. The first-order valence-corrected chi connectivity index (χ1v) is 9.29. The van der Waals surface area contributed by atoms with Crippen molar-refractivity contribution in [2.75, 3.05) is 13.6 Å². The minimum absolute atomic E-state index is 0.0588. The average molecular weight is 353 g/mol. The molecule has 0 radical (unpaired) electrons. The van der Waals surface area contributed by atoms with Crippen molar-refractivity contribution in [3.63, 3.8) is 0 Å². The number of likely N-dealkylation sites (tertiary alicyclic amines) is 1. The highest BCUT2D eigenvalue weighted by Crippen LogP contribution is 2.20. The van der Waals surface area contributed by atoms with Crippen LogP contribution in [-0.2, 0) is 17.9 Å². The molecule has 1 amide bonds. The smallest absolute Gasteiger partial charge is 0.240 e. The Hall–Kier alpha value is -2.40. The lowest BCUT2D eigenvalue weighted by atomic mass is 10.1. The van der Waals surface area contributed by atoms with E-state index in [1.165, 1.54) is 6.42 Å². The Morgan fingerprint density at radius 2 is 1.73 bits per heavy atom. The fourth-order valence-electron chi connectivity index (χ4n) is 3.52. The number of rotatable bonds is 5. The molecule has 0 unspecified atom stereocenters. The molecular weight excluding hydrogens is 326 g/mol. The summed E-state index contributed by atoms with van der Waals surface area (Å²) in [6, 6.07) is 10.9. The number of benzene rings is 1. The van der Waals surface area contributed by atoms with E-state index in [0.717, 1.165) is 36.9 Å². The van der Waals surface area contributed by atoms with Crippen molar-refractivity contribution in [2.45, 2.75) is 44.8 Å². The third-order valence-electron chi connectivity index (χ3n) is 5.05. The van der Waals surface area contributed by atoms with Crippen LogP contribution in [0.3, 0.4) is 0 Å². The molecular formula is C21H27N3O2. The van der Waals surface area contributed by atoms with Gasteiger partial charge in [0.05, 0.1) is 6.04 Å². The van der Waals surface area contributed by atoms with Crippen molar-refractivity contribution < 1.29 is 9.90 Å². The molecule has 2 heterocycles. The van der Waals surface area contributed by atoms with Gasteiger partial charge in [-0.2, -0.15) is 0 Å². The van der Waals surface area contributed by atoms with Crippen LogP contribution in [-0.4, -0.2) is 45.4 Å². The van der Waals surface area contributed by atoms with Crippen LogP contribution in [0.5, 0.6) is 5.75 Å². The minimum atomic E-state index is -0.0588. The van der Waals surface area contributed by atoms with E-state index in [2.05, 4.69) is 16.9 Å². The van der Waals surface area contributed by atoms with Gasteiger partial charge in [-0.05, 0) is 61.8 Å². The van der Waals surface area contributed by atoms with Gasteiger partial charge in [0, 0.05) is 25.5 Å². The molecule has 5 nitrogen and oxygen atoms in total. The van der Waals surface area contributed by atoms with E-state index in [1.54, 1.807) is 24.5 Å². The van der Waals surface area contributed by atoms with Gasteiger partial charge in [-0.1, -0.05) is 25.0 Å². The van der Waals surface area contributed by atoms with Crippen molar-refractivity contribution >= 4 is 5.91 Å². The van der Waals surface area contributed by atoms with Crippen molar-refractivity contribution in [1.29, 1.82) is 0 Å². The topological polar surface area (TPSA) is 56.7 Å². The highest BCUT2D eigenvalue weighted by Gasteiger charge is 2.29. The molecule has 1 aromatic carbocycles. The van der Waals surface area contributed by atoms with Gasteiger partial charge in [-0.15, -0.1) is 0 Å². The molecule has 1 N–H and O–H groups in total. The van der Waals surface area contributed by atoms with Crippen LogP contribution in [0.1, 0.15) is 36.8 Å². The second-order valence-corrected chi connectivity index (χ2v) is 7.06. The number of nitrogens with zero attached hydrogens (tertiary/aromatic N) is 3. The van der Waals surface area contributed by atoms with E-state index in [-0.39, 0.29) is 17.7 Å². The average Bonchev–Trinajstić information content (AvgIpc) is 2.87. The maximum atomic E-state index is 13.4. The second-order valence-electron chi connectivity index (χ2n) is 7.06. The highest BCUT2D eigenvalue weighted by atomic mass is 16.3. The molecule has 0 aliphatic carbocycles. The molecule has 1 aromatic heterocycles. The first-order chi connectivity index (χ1) is 12.6. The molecule has 1 aliphatic rings. The van der Waals surface area contributed by atoms with E-state index in [9.17, 15) is 9.90 Å². The maximum absolute atomic E-state index is 13.4. The summed E-state index contributed by atoms with van der Waals surface area (Å²) in [6.45, 7) is 2.07. The summed E-state index contributed by atoms with van der Waals surface area (Å²) in [5.41, 5.74) is 2.09. The minimum Gasteiger partial charge on any atom is -0.508 e. The Morgan fingerprint density at radius 1 is 1.08 bits per heavy atom. The normalized spacial score (nSPS) is 18.3. The molecule has 138 valence electrons. The zero-order chi connectivity index (χ0) is 18.4. The number of aromatic nitrogens is 1. The van der Waals surface area contributed by atoms with Crippen molar-refractivity contribution in [3.05, 3.63) is 59.9 Å². The van der Waals surface area contributed by atoms with E-state index in [1.807, 2.05) is 29.2 Å². The lowest BCUT2D eigenvalue weighted by molar-refractivity contribution is -0.138. The third-order valence-corrected chi connectivity index (χ3v) is 5.05. The Morgan fingerprint density at radius 3 is 2.42 bits per heavy atom. The number of carbonyl (C=O) groups excluding carboxylic acids is 1. The summed E-state index contributed by atoms with van der Waals surface area (Å²) in [6.07, 6.45) is 7.88. The predicted molar refractivity (Wildman–Crippen MR) is 101 cm³/mol. The first-order valence-electron chi connectivity index (χ1n) is 9.29. The number of pyridine rings is 1. The SMILES string of the molecule is CN1CCCCC[C@@H]1C(=O)N(Cc1ccncc1)Cc1ccc(O)cc1. The second kappa shape index (κ2) is 8.81. The Kier molecular flexibility index (Phi) is 6.23. The number of aromatic hydroxyl groups is 1. The van der Waals surface area contributed by atoms with Gasteiger partial charge in [0.1, 0.15) is 5.75 Å². The van der Waals surface area contributed by atoms with Gasteiger partial charge >= 0.3 is 0 Å². The number of phenolic OH excluding ortho intramolecular Hbond substituents is 1. The number of hydrogen-bond donors (Lipinski definition) is 1. The van der Waals surface area contributed by atoms with E-state index in [4.69, 9.17) is 0 Å². The quantitative estimate of drug-likeness (QED) is 0.897. The van der Waals surface area contributed by atoms with Gasteiger partial charge in [0.15, 0.2) is 0 Å². The molecule has 0 bridgehead atoms. The van der Waals surface area contributed by atoms with E-state index >= 15 is 0 Å². The third kappa shape index (κ3) is 4.82. The van der Waals surface area contributed by atoms with Crippen LogP contribution in [0.25, 0.3) is 0 Å². The maximum Gasteiger partial charge on any atom is 0.240 e. The zero-order valence-corrected chi connectivity index (χ0v) is 15.3. The molecule has 3 rings (SSSR count). The van der Waals surface area contributed by atoms with Crippen molar-refractivity contribution in [3.8, 4) is 5.75 Å². The fourth-order valence-corrected chi connectivity index (χ4v) is 3.52. The predicted octanol–water partition coefficient (Wildman–Crippen LogP) is 3.19. The Labute approximate surface area is 155 Å². The van der Waals surface area contributed by atoms with Crippen LogP contribution >= 0.6 is 0 Å². The summed E-state index contributed by atoms with van der Waals surface area (Å²) in [5.74, 6) is 0.420. The van der Waals surface area contributed by atoms with Gasteiger partial charge in [0.25, 0.3) is 0 Å². The molecule has 0 spiro atoms. The Balaban J connectivity index is 1.80. The van der Waals surface area contributed by atoms with Crippen molar-refractivity contribution in [2.24, 2.45) is 0 Å². The molecule has 2 aromatic rings.